The van der Waals surface area contributed by atoms with Crippen LogP contribution in [0.15, 0.2) is 18.6 Å². The summed E-state index contributed by atoms with van der Waals surface area (Å²) in [5, 5.41) is 26.1. The van der Waals surface area contributed by atoms with E-state index in [4.69, 9.17) is 9.84 Å². The number of carbonyl (C=O) groups is 1. The lowest BCUT2D eigenvalue weighted by Gasteiger charge is -2.34. The summed E-state index contributed by atoms with van der Waals surface area (Å²) in [6.07, 6.45) is 3.99. The van der Waals surface area contributed by atoms with Crippen molar-refractivity contribution in [3.05, 3.63) is 24.2 Å². The van der Waals surface area contributed by atoms with E-state index >= 15 is 0 Å². The van der Waals surface area contributed by atoms with Crippen molar-refractivity contribution in [3.63, 3.8) is 0 Å². The van der Waals surface area contributed by atoms with Crippen molar-refractivity contribution >= 4 is 11.6 Å². The molecule has 21 heavy (non-hydrogen) atoms. The summed E-state index contributed by atoms with van der Waals surface area (Å²) in [6, 6.07) is -0.446. The van der Waals surface area contributed by atoms with E-state index in [0.29, 0.717) is 24.2 Å². The number of nitrogens with one attached hydrogen (secondary N) is 1. The molecule has 3 rings (SSSR count). The average molecular weight is 294 g/mol. The van der Waals surface area contributed by atoms with Crippen molar-refractivity contribution < 1.29 is 19.7 Å². The van der Waals surface area contributed by atoms with E-state index in [0.717, 1.165) is 0 Å². The first-order valence-electron chi connectivity index (χ1n) is 6.82. The molecule has 8 nitrogen and oxygen atoms in total. The quantitative estimate of drug-likeness (QED) is 0.668. The van der Waals surface area contributed by atoms with Gasteiger partial charge in [0.25, 0.3) is 5.91 Å². The molecule has 0 radical (unpaired) electrons. The lowest BCUT2D eigenvalue weighted by atomic mass is 9.99. The second kappa shape index (κ2) is 5.47. The normalized spacial score (nSPS) is 26.1. The summed E-state index contributed by atoms with van der Waals surface area (Å²) in [4.78, 5) is 12.4. The van der Waals surface area contributed by atoms with Crippen molar-refractivity contribution in [2.45, 2.75) is 24.7 Å². The first kappa shape index (κ1) is 14.1. The Morgan fingerprint density at radius 3 is 3.14 bits per heavy atom. The van der Waals surface area contributed by atoms with Gasteiger partial charge in [-0.3, -0.25) is 4.79 Å². The monoisotopic (exact) mass is 294 g/mol. The van der Waals surface area contributed by atoms with E-state index in [1.807, 2.05) is 13.2 Å². The predicted molar refractivity (Wildman–Crippen MR) is 72.9 cm³/mol. The fraction of sp³-hybridized carbons (Fsp3) is 0.538. The number of rotatable bonds is 3. The molecule has 0 spiro atoms. The van der Waals surface area contributed by atoms with Crippen LogP contribution in [0, 0.1) is 0 Å². The Morgan fingerprint density at radius 1 is 1.57 bits per heavy atom. The number of amides is 1. The number of nitrogens with zero attached hydrogens (tertiary/aromatic N) is 3. The number of fused-ring (bicyclic) bond motifs is 1. The van der Waals surface area contributed by atoms with Crippen LogP contribution in [-0.4, -0.2) is 61.8 Å². The van der Waals surface area contributed by atoms with Crippen LogP contribution in [0.1, 0.15) is 16.8 Å². The lowest BCUT2D eigenvalue weighted by Crippen LogP contribution is -2.54. The average Bonchev–Trinajstić information content (AvgIpc) is 3.05. The number of carbonyl (C=O) groups excluding carboxylic acids is 1. The fourth-order valence-corrected chi connectivity index (χ4v) is 2.65. The van der Waals surface area contributed by atoms with Gasteiger partial charge in [-0.25, -0.2) is 4.52 Å². The van der Waals surface area contributed by atoms with Crippen LogP contribution >= 0.6 is 0 Å². The second-order valence-electron chi connectivity index (χ2n) is 5.19. The minimum Gasteiger partial charge on any atom is -0.394 e. The Labute approximate surface area is 120 Å². The summed E-state index contributed by atoms with van der Waals surface area (Å²) in [6.45, 7) is 0.115. The Morgan fingerprint density at radius 2 is 2.38 bits per heavy atom. The number of ether oxygens (including phenoxy) is 1. The maximum atomic E-state index is 12.4. The molecule has 0 unspecified atom stereocenters. The topological polar surface area (TPSA) is 101 Å². The number of hydrogen-bond donors (Lipinski definition) is 3. The van der Waals surface area contributed by atoms with Crippen LogP contribution in [0.5, 0.6) is 0 Å². The summed E-state index contributed by atoms with van der Waals surface area (Å²) in [5.41, 5.74) is 1.13. The highest BCUT2D eigenvalue weighted by atomic mass is 16.5. The summed E-state index contributed by atoms with van der Waals surface area (Å²) >= 11 is 0. The smallest absolute Gasteiger partial charge is 0.257 e. The molecule has 3 heterocycles. The van der Waals surface area contributed by atoms with E-state index in [2.05, 4.69) is 10.4 Å². The Balaban J connectivity index is 1.78. The predicted octanol–water partition coefficient (Wildman–Crippen LogP) is -1.09. The summed E-state index contributed by atoms with van der Waals surface area (Å²) in [5.74, 6) is -0.297. The highest BCUT2D eigenvalue weighted by Gasteiger charge is 2.33. The van der Waals surface area contributed by atoms with Gasteiger partial charge in [0, 0.05) is 26.0 Å². The van der Waals surface area contributed by atoms with Crippen LogP contribution in [0.2, 0.25) is 0 Å². The SMILES string of the molecule is Cn1ccn2ncc(C(=O)N[C@H]3CCO[C@H](CO)[C@H]3O)c12. The van der Waals surface area contributed by atoms with Crippen molar-refractivity contribution in [3.8, 4) is 0 Å². The molecule has 1 aliphatic rings. The van der Waals surface area contributed by atoms with Gasteiger partial charge in [-0.05, 0) is 6.42 Å². The maximum absolute atomic E-state index is 12.4. The number of aliphatic hydroxyl groups excluding tert-OH is 2. The highest BCUT2D eigenvalue weighted by Crippen LogP contribution is 2.16. The zero-order valence-electron chi connectivity index (χ0n) is 11.6. The van der Waals surface area contributed by atoms with Gasteiger partial charge in [-0.15, -0.1) is 0 Å². The van der Waals surface area contributed by atoms with Crippen molar-refractivity contribution in [1.29, 1.82) is 0 Å². The van der Waals surface area contributed by atoms with E-state index in [-0.39, 0.29) is 12.5 Å². The molecule has 1 amide bonds. The third kappa shape index (κ3) is 2.41. The fourth-order valence-electron chi connectivity index (χ4n) is 2.65. The standard InChI is InChI=1S/C13H18N4O4/c1-16-3-4-17-13(16)8(6-14-17)12(20)15-9-2-5-21-10(7-18)11(9)19/h3-4,6,9-11,18-19H,2,5,7H2,1H3,(H,15,20)/t9-,10+,11-/m0/s1. The molecule has 1 aliphatic heterocycles. The van der Waals surface area contributed by atoms with Gasteiger partial charge in [0.15, 0.2) is 0 Å². The zero-order valence-corrected chi connectivity index (χ0v) is 11.6. The van der Waals surface area contributed by atoms with Gasteiger partial charge in [-0.1, -0.05) is 0 Å². The van der Waals surface area contributed by atoms with E-state index in [1.165, 1.54) is 6.20 Å². The van der Waals surface area contributed by atoms with Crippen LogP contribution < -0.4 is 5.32 Å². The molecule has 114 valence electrons. The maximum Gasteiger partial charge on any atom is 0.257 e. The Hall–Kier alpha value is -1.90. The van der Waals surface area contributed by atoms with Crippen LogP contribution in [0.3, 0.4) is 0 Å². The van der Waals surface area contributed by atoms with E-state index in [1.54, 1.807) is 15.3 Å². The highest BCUT2D eigenvalue weighted by molar-refractivity contribution is 6.00. The van der Waals surface area contributed by atoms with Gasteiger partial charge in [0.2, 0.25) is 0 Å². The van der Waals surface area contributed by atoms with Gasteiger partial charge >= 0.3 is 0 Å². The first-order chi connectivity index (χ1) is 10.1. The first-order valence-corrected chi connectivity index (χ1v) is 6.82. The third-order valence-corrected chi connectivity index (χ3v) is 3.83. The van der Waals surface area contributed by atoms with Gasteiger partial charge in [0.05, 0.1) is 18.8 Å². The summed E-state index contributed by atoms with van der Waals surface area (Å²) < 4.78 is 8.67. The Kier molecular flexibility index (Phi) is 3.66. The third-order valence-electron chi connectivity index (χ3n) is 3.83. The van der Waals surface area contributed by atoms with E-state index < -0.39 is 18.2 Å². The van der Waals surface area contributed by atoms with Crippen molar-refractivity contribution in [2.24, 2.45) is 7.05 Å². The van der Waals surface area contributed by atoms with E-state index in [9.17, 15) is 9.90 Å². The van der Waals surface area contributed by atoms with Crippen LogP contribution in [0.4, 0.5) is 0 Å². The molecule has 2 aromatic heterocycles. The molecule has 0 bridgehead atoms. The van der Waals surface area contributed by atoms with Gasteiger partial charge in [0.1, 0.15) is 23.4 Å². The molecule has 0 aliphatic carbocycles. The van der Waals surface area contributed by atoms with Crippen molar-refractivity contribution in [1.82, 2.24) is 19.5 Å². The number of aromatic nitrogens is 3. The van der Waals surface area contributed by atoms with Crippen LogP contribution in [-0.2, 0) is 11.8 Å². The molecule has 0 saturated carbocycles. The lowest BCUT2D eigenvalue weighted by molar-refractivity contribution is -0.107. The van der Waals surface area contributed by atoms with Crippen LogP contribution in [0.25, 0.3) is 5.65 Å². The second-order valence-corrected chi connectivity index (χ2v) is 5.19. The molecule has 2 aromatic rings. The Bertz CT molecular complexity index is 650. The van der Waals surface area contributed by atoms with Gasteiger partial charge in [-0.2, -0.15) is 5.10 Å². The number of hydrogen-bond acceptors (Lipinski definition) is 5. The minimum absolute atomic E-state index is 0.274. The number of imidazole rings is 1. The molecule has 3 atom stereocenters. The van der Waals surface area contributed by atoms with Crippen molar-refractivity contribution in [2.75, 3.05) is 13.2 Å². The minimum atomic E-state index is -0.924. The molecule has 0 aromatic carbocycles. The number of aryl methyl sites for hydroxylation is 1. The molecule has 1 fully saturated rings. The molecule has 1 saturated heterocycles. The summed E-state index contributed by atoms with van der Waals surface area (Å²) in [7, 11) is 1.83. The van der Waals surface area contributed by atoms with Gasteiger partial charge < -0.3 is 24.8 Å². The molecule has 3 N–H and O–H groups in total. The number of aliphatic hydroxyl groups is 2. The molecular formula is C13H18N4O4. The molecular weight excluding hydrogens is 276 g/mol. The largest absolute Gasteiger partial charge is 0.394 e. The zero-order chi connectivity index (χ0) is 15.0. The molecule has 8 heteroatoms.